The zero-order valence-electron chi connectivity index (χ0n) is 31.3. The number of amides is 2. The number of carbonyl (C=O) groups is 2. The summed E-state index contributed by atoms with van der Waals surface area (Å²) >= 11 is 2.74. The predicted molar refractivity (Wildman–Crippen MR) is 213 cm³/mol. The van der Waals surface area contributed by atoms with Crippen molar-refractivity contribution in [3.63, 3.8) is 0 Å². The number of piperidine rings is 3. The fourth-order valence-corrected chi connectivity index (χ4v) is 9.24. The highest BCUT2D eigenvalue weighted by atomic mass is 32.2. The molecule has 10 nitrogen and oxygen atoms in total. The summed E-state index contributed by atoms with van der Waals surface area (Å²) in [4.78, 5) is 48.3. The summed E-state index contributed by atoms with van der Waals surface area (Å²) in [5, 5.41) is 10.7. The molecule has 2 spiro atoms. The highest BCUT2D eigenvalue weighted by Crippen LogP contribution is 2.55. The number of benzene rings is 2. The summed E-state index contributed by atoms with van der Waals surface area (Å²) in [6, 6.07) is 10.9. The van der Waals surface area contributed by atoms with Crippen molar-refractivity contribution in [2.45, 2.75) is 81.9 Å². The fourth-order valence-electron chi connectivity index (χ4n) is 8.48. The Labute approximate surface area is 324 Å². The SMILES string of the molecule is CSc1ccc(C(=O)N(C(=O)c2ccc(N(O)SC)cc2N2CCC3(CC2)CC3)c2ncc(C)c(N3CCC(F)(F)CC3)n2)c(N2CCC3(CC2)CC3)c1. The molecular weight excluding hydrogens is 729 g/mol. The van der Waals surface area contributed by atoms with Crippen LogP contribution in [0.25, 0.3) is 0 Å². The largest absolute Gasteiger partial charge is 0.371 e. The van der Waals surface area contributed by atoms with Gasteiger partial charge in [-0.1, -0.05) is 0 Å². The Hall–Kier alpha value is -3.62. The summed E-state index contributed by atoms with van der Waals surface area (Å²) in [5.74, 6) is -3.55. The summed E-state index contributed by atoms with van der Waals surface area (Å²) in [5.41, 5.74) is 4.10. The van der Waals surface area contributed by atoms with Crippen molar-refractivity contribution < 1.29 is 23.6 Å². The van der Waals surface area contributed by atoms with Gasteiger partial charge >= 0.3 is 0 Å². The van der Waals surface area contributed by atoms with Crippen LogP contribution in [-0.4, -0.2) is 84.7 Å². The second-order valence-electron chi connectivity index (χ2n) is 16.0. The van der Waals surface area contributed by atoms with E-state index in [2.05, 4.69) is 14.8 Å². The van der Waals surface area contributed by atoms with Crippen LogP contribution in [0.4, 0.5) is 37.6 Å². The quantitative estimate of drug-likeness (QED) is 0.0982. The second kappa shape index (κ2) is 14.5. The van der Waals surface area contributed by atoms with Gasteiger partial charge in [-0.05, 0) is 124 Å². The number of anilines is 5. The van der Waals surface area contributed by atoms with Crippen molar-refractivity contribution in [1.82, 2.24) is 9.97 Å². The van der Waals surface area contributed by atoms with Crippen molar-refractivity contribution in [2.75, 3.05) is 75.8 Å². The maximum Gasteiger partial charge on any atom is 0.269 e. The molecule has 2 aliphatic carbocycles. The lowest BCUT2D eigenvalue weighted by molar-refractivity contribution is -0.0221. The van der Waals surface area contributed by atoms with Crippen LogP contribution in [0.5, 0.6) is 0 Å². The molecule has 5 fully saturated rings. The summed E-state index contributed by atoms with van der Waals surface area (Å²) < 4.78 is 29.5. The maximum atomic E-state index is 15.3. The molecule has 0 radical (unpaired) electrons. The average Bonchev–Trinajstić information content (AvgIpc) is 4.13. The Balaban J connectivity index is 1.22. The Kier molecular flexibility index (Phi) is 10.00. The molecule has 2 amide bonds. The number of thioether (sulfide) groups is 1. The first-order valence-electron chi connectivity index (χ1n) is 19.1. The number of imide groups is 1. The van der Waals surface area contributed by atoms with Crippen LogP contribution in [0, 0.1) is 17.8 Å². The highest BCUT2D eigenvalue weighted by Gasteiger charge is 2.46. The summed E-state index contributed by atoms with van der Waals surface area (Å²) in [6.07, 6.45) is 13.9. The first-order valence-corrected chi connectivity index (χ1v) is 21.5. The number of halogens is 2. The zero-order valence-corrected chi connectivity index (χ0v) is 33.0. The molecule has 54 heavy (non-hydrogen) atoms. The van der Waals surface area contributed by atoms with E-state index in [1.54, 1.807) is 47.3 Å². The van der Waals surface area contributed by atoms with Crippen LogP contribution >= 0.6 is 23.7 Å². The van der Waals surface area contributed by atoms with Gasteiger partial charge in [0.1, 0.15) is 5.82 Å². The Bertz CT molecular complexity index is 1910. The van der Waals surface area contributed by atoms with Gasteiger partial charge in [-0.25, -0.2) is 18.7 Å². The average molecular weight is 778 g/mol. The van der Waals surface area contributed by atoms with Gasteiger partial charge in [0.2, 0.25) is 5.95 Å². The third-order valence-corrected chi connectivity index (χ3v) is 13.9. The zero-order chi connectivity index (χ0) is 37.8. The number of aryl methyl sites for hydroxylation is 1. The minimum absolute atomic E-state index is 0.0953. The van der Waals surface area contributed by atoms with Crippen molar-refractivity contribution in [3.05, 3.63) is 59.3 Å². The molecule has 1 aromatic heterocycles. The normalized spacial score (nSPS) is 21.0. The fraction of sp³-hybridized carbons (Fsp3) is 0.550. The van der Waals surface area contributed by atoms with E-state index in [4.69, 9.17) is 4.98 Å². The van der Waals surface area contributed by atoms with E-state index in [1.807, 2.05) is 31.4 Å². The van der Waals surface area contributed by atoms with Crippen LogP contribution in [-0.2, 0) is 0 Å². The molecule has 0 atom stereocenters. The number of carbonyl (C=O) groups excluding carboxylic acids is 2. The molecule has 0 bridgehead atoms. The molecular formula is C40H49F2N7O3S2. The van der Waals surface area contributed by atoms with E-state index >= 15 is 9.59 Å². The molecule has 3 aliphatic heterocycles. The molecule has 288 valence electrons. The molecule has 2 saturated carbocycles. The van der Waals surface area contributed by atoms with Gasteiger partial charge < -0.3 is 14.7 Å². The highest BCUT2D eigenvalue weighted by molar-refractivity contribution is 7.99. The predicted octanol–water partition coefficient (Wildman–Crippen LogP) is 8.46. The first-order chi connectivity index (χ1) is 25.9. The van der Waals surface area contributed by atoms with E-state index in [9.17, 15) is 14.0 Å². The lowest BCUT2D eigenvalue weighted by Gasteiger charge is -2.36. The number of alkyl halides is 2. The number of rotatable bonds is 9. The smallest absolute Gasteiger partial charge is 0.269 e. The maximum absolute atomic E-state index is 15.3. The molecule has 14 heteroatoms. The van der Waals surface area contributed by atoms with Gasteiger partial charge in [-0.3, -0.25) is 14.8 Å². The molecule has 3 aromatic rings. The van der Waals surface area contributed by atoms with Gasteiger partial charge in [0.05, 0.1) is 28.2 Å². The third kappa shape index (κ3) is 7.37. The molecule has 1 N–H and O–H groups in total. The minimum Gasteiger partial charge on any atom is -0.371 e. The van der Waals surface area contributed by atoms with Gasteiger partial charge in [-0.15, -0.1) is 11.8 Å². The van der Waals surface area contributed by atoms with Crippen molar-refractivity contribution in [1.29, 1.82) is 0 Å². The summed E-state index contributed by atoms with van der Waals surface area (Å²) in [6.45, 7) is 5.16. The third-order valence-electron chi connectivity index (χ3n) is 12.6. The molecule has 5 aliphatic rings. The van der Waals surface area contributed by atoms with Crippen LogP contribution in [0.3, 0.4) is 0 Å². The van der Waals surface area contributed by atoms with Crippen LogP contribution < -0.4 is 24.1 Å². The van der Waals surface area contributed by atoms with E-state index in [-0.39, 0.29) is 31.9 Å². The standard InChI is InChI=1S/C40H49F2N7O3S2/c1-27-26-43-37(44-34(27)47-22-16-40(41,42)17-23-47)48(36(51)31-7-5-29(53-2)25-33(31)46-20-14-39(10-11-39)15-21-46)35(50)30-6-4-28(49(52)54-3)24-32(30)45-18-12-38(8-9-38)13-19-45/h4-7,24-26,52H,8-23H2,1-3H3. The van der Waals surface area contributed by atoms with E-state index in [1.165, 1.54) is 25.7 Å². The second-order valence-corrected chi connectivity index (χ2v) is 17.6. The van der Waals surface area contributed by atoms with Crippen molar-refractivity contribution in [3.8, 4) is 0 Å². The lowest BCUT2D eigenvalue weighted by Crippen LogP contribution is -2.43. The number of nitrogens with zero attached hydrogens (tertiary/aromatic N) is 7. The van der Waals surface area contributed by atoms with Gasteiger partial charge in [0.25, 0.3) is 17.7 Å². The van der Waals surface area contributed by atoms with Crippen LogP contribution in [0.15, 0.2) is 47.5 Å². The van der Waals surface area contributed by atoms with Crippen LogP contribution in [0.1, 0.15) is 90.5 Å². The monoisotopic (exact) mass is 777 g/mol. The Morgan fingerprint density at radius 1 is 0.741 bits per heavy atom. The lowest BCUT2D eigenvalue weighted by atomic mass is 9.92. The van der Waals surface area contributed by atoms with Crippen LogP contribution in [0.2, 0.25) is 0 Å². The van der Waals surface area contributed by atoms with Gasteiger partial charge in [-0.2, -0.15) is 9.45 Å². The number of hydrogen-bond acceptors (Lipinski definition) is 11. The van der Waals surface area contributed by atoms with Crippen molar-refractivity contribution in [2.24, 2.45) is 10.8 Å². The molecule has 3 saturated heterocycles. The molecule has 4 heterocycles. The first kappa shape index (κ1) is 37.3. The van der Waals surface area contributed by atoms with E-state index < -0.39 is 17.7 Å². The molecule has 0 unspecified atom stereocenters. The van der Waals surface area contributed by atoms with Gasteiger partial charge in [0, 0.05) is 75.0 Å². The minimum atomic E-state index is -2.75. The Morgan fingerprint density at radius 2 is 1.26 bits per heavy atom. The summed E-state index contributed by atoms with van der Waals surface area (Å²) in [7, 11) is 0. The van der Waals surface area contributed by atoms with E-state index in [0.717, 1.165) is 83.8 Å². The Morgan fingerprint density at radius 3 is 1.78 bits per heavy atom. The van der Waals surface area contributed by atoms with E-state index in [0.29, 0.717) is 44.7 Å². The van der Waals surface area contributed by atoms with Gasteiger partial charge in [0.15, 0.2) is 0 Å². The van der Waals surface area contributed by atoms with Crippen molar-refractivity contribution >= 4 is 64.4 Å². The number of hydrogen-bond donors (Lipinski definition) is 1. The topological polar surface area (TPSA) is 96.3 Å². The molecule has 2 aromatic carbocycles. The molecule has 8 rings (SSSR count). The number of aromatic nitrogens is 2.